The number of primary amides is 1. The SMILES string of the molecule is NC(=O)c1ccccc1NC(=O)C(Sc1cccc(NC(=O)Cc2ccccc2)c1)c1ccccc1. The highest BCUT2D eigenvalue weighted by Gasteiger charge is 2.23. The molecular weight excluding hydrogens is 470 g/mol. The van der Waals surface area contributed by atoms with Crippen molar-refractivity contribution in [3.63, 3.8) is 0 Å². The van der Waals surface area contributed by atoms with E-state index in [9.17, 15) is 14.4 Å². The van der Waals surface area contributed by atoms with E-state index in [1.54, 1.807) is 24.3 Å². The van der Waals surface area contributed by atoms with Crippen LogP contribution in [0.1, 0.15) is 26.7 Å². The highest BCUT2D eigenvalue weighted by Crippen LogP contribution is 2.37. The minimum atomic E-state index is -0.617. The number of amides is 3. The molecule has 180 valence electrons. The summed E-state index contributed by atoms with van der Waals surface area (Å²) < 4.78 is 0. The number of benzene rings is 4. The number of anilines is 2. The minimum absolute atomic E-state index is 0.122. The fourth-order valence-corrected chi connectivity index (χ4v) is 4.76. The maximum absolute atomic E-state index is 13.4. The maximum atomic E-state index is 13.4. The first kappa shape index (κ1) is 24.8. The summed E-state index contributed by atoms with van der Waals surface area (Å²) in [5.41, 5.74) is 8.45. The molecule has 0 aliphatic carbocycles. The predicted octanol–water partition coefficient (Wildman–Crippen LogP) is 5.44. The maximum Gasteiger partial charge on any atom is 0.250 e. The monoisotopic (exact) mass is 495 g/mol. The van der Waals surface area contributed by atoms with Gasteiger partial charge in [0.05, 0.1) is 17.7 Å². The first-order chi connectivity index (χ1) is 17.5. The third-order valence-electron chi connectivity index (χ3n) is 5.37. The van der Waals surface area contributed by atoms with Gasteiger partial charge < -0.3 is 16.4 Å². The Balaban J connectivity index is 1.53. The molecule has 4 rings (SSSR count). The molecule has 6 nitrogen and oxygen atoms in total. The smallest absolute Gasteiger partial charge is 0.250 e. The van der Waals surface area contributed by atoms with Crippen molar-refractivity contribution < 1.29 is 14.4 Å². The highest BCUT2D eigenvalue weighted by molar-refractivity contribution is 8.00. The van der Waals surface area contributed by atoms with Gasteiger partial charge in [-0.15, -0.1) is 11.8 Å². The summed E-state index contributed by atoms with van der Waals surface area (Å²) in [6.45, 7) is 0. The van der Waals surface area contributed by atoms with Crippen molar-refractivity contribution in [3.8, 4) is 0 Å². The molecule has 0 bridgehead atoms. The Kier molecular flexibility index (Phi) is 8.16. The van der Waals surface area contributed by atoms with Gasteiger partial charge in [0.1, 0.15) is 5.25 Å². The molecular formula is C29H25N3O3S. The molecule has 4 aromatic rings. The number of hydrogen-bond acceptors (Lipinski definition) is 4. The Hall–Kier alpha value is -4.36. The molecule has 0 saturated heterocycles. The van der Waals surface area contributed by atoms with Gasteiger partial charge in [-0.2, -0.15) is 0 Å². The van der Waals surface area contributed by atoms with Crippen molar-refractivity contribution in [2.24, 2.45) is 5.73 Å². The van der Waals surface area contributed by atoms with E-state index in [0.717, 1.165) is 16.0 Å². The number of rotatable bonds is 9. The van der Waals surface area contributed by atoms with Crippen LogP contribution in [0.4, 0.5) is 11.4 Å². The van der Waals surface area contributed by atoms with Gasteiger partial charge in [0.25, 0.3) is 5.91 Å². The van der Waals surface area contributed by atoms with E-state index in [4.69, 9.17) is 5.73 Å². The van der Waals surface area contributed by atoms with Gasteiger partial charge in [-0.1, -0.05) is 78.9 Å². The molecule has 0 spiro atoms. The molecule has 36 heavy (non-hydrogen) atoms. The average Bonchev–Trinajstić information content (AvgIpc) is 2.88. The minimum Gasteiger partial charge on any atom is -0.366 e. The lowest BCUT2D eigenvalue weighted by Crippen LogP contribution is -2.22. The molecule has 0 aliphatic rings. The van der Waals surface area contributed by atoms with Crippen molar-refractivity contribution in [3.05, 3.63) is 126 Å². The van der Waals surface area contributed by atoms with E-state index in [-0.39, 0.29) is 23.8 Å². The lowest BCUT2D eigenvalue weighted by Gasteiger charge is -2.18. The van der Waals surface area contributed by atoms with Crippen molar-refractivity contribution >= 4 is 40.9 Å². The van der Waals surface area contributed by atoms with E-state index in [1.807, 2.05) is 84.9 Å². The average molecular weight is 496 g/mol. The zero-order valence-corrected chi connectivity index (χ0v) is 20.2. The fraction of sp³-hybridized carbons (Fsp3) is 0.0690. The largest absolute Gasteiger partial charge is 0.366 e. The van der Waals surface area contributed by atoms with Crippen molar-refractivity contribution in [2.75, 3.05) is 10.6 Å². The van der Waals surface area contributed by atoms with E-state index >= 15 is 0 Å². The second-order valence-corrected chi connectivity index (χ2v) is 9.22. The molecule has 4 aromatic carbocycles. The number of carbonyl (C=O) groups excluding carboxylic acids is 3. The number of hydrogen-bond donors (Lipinski definition) is 3. The van der Waals surface area contributed by atoms with Gasteiger partial charge in [0.15, 0.2) is 0 Å². The molecule has 0 aromatic heterocycles. The molecule has 1 atom stereocenters. The van der Waals surface area contributed by atoms with E-state index < -0.39 is 11.2 Å². The number of nitrogens with two attached hydrogens (primary N) is 1. The van der Waals surface area contributed by atoms with Gasteiger partial charge in [0.2, 0.25) is 11.8 Å². The summed E-state index contributed by atoms with van der Waals surface area (Å²) in [7, 11) is 0. The topological polar surface area (TPSA) is 101 Å². The van der Waals surface area contributed by atoms with Crippen LogP contribution in [0, 0.1) is 0 Å². The molecule has 0 saturated carbocycles. The van der Waals surface area contributed by atoms with Crippen LogP contribution in [-0.4, -0.2) is 17.7 Å². The van der Waals surface area contributed by atoms with E-state index in [2.05, 4.69) is 10.6 Å². The quantitative estimate of drug-likeness (QED) is 0.269. The summed E-state index contributed by atoms with van der Waals surface area (Å²) in [6, 6.07) is 32.9. The zero-order chi connectivity index (χ0) is 25.3. The van der Waals surface area contributed by atoms with Crippen LogP contribution >= 0.6 is 11.8 Å². The summed E-state index contributed by atoms with van der Waals surface area (Å²) in [5.74, 6) is -1.03. The lowest BCUT2D eigenvalue weighted by molar-refractivity contribution is -0.116. The lowest BCUT2D eigenvalue weighted by atomic mass is 10.1. The first-order valence-corrected chi connectivity index (χ1v) is 12.2. The Morgan fingerprint density at radius 1 is 0.750 bits per heavy atom. The summed E-state index contributed by atoms with van der Waals surface area (Å²) in [5, 5.41) is 5.17. The Bertz CT molecular complexity index is 1360. The first-order valence-electron chi connectivity index (χ1n) is 11.3. The molecule has 3 amide bonds. The summed E-state index contributed by atoms with van der Waals surface area (Å²) >= 11 is 1.35. The molecule has 0 aliphatic heterocycles. The standard InChI is InChI=1S/C29H25N3O3S/c30-28(34)24-16-7-8-17-25(24)32-29(35)27(21-12-5-2-6-13-21)36-23-15-9-14-22(19-23)31-26(33)18-20-10-3-1-4-11-20/h1-17,19,27H,18H2,(H2,30,34)(H,31,33)(H,32,35). The van der Waals surface area contributed by atoms with Crippen molar-refractivity contribution in [1.82, 2.24) is 0 Å². The highest BCUT2D eigenvalue weighted by atomic mass is 32.2. The van der Waals surface area contributed by atoms with Gasteiger partial charge in [0, 0.05) is 10.6 Å². The van der Waals surface area contributed by atoms with Crippen molar-refractivity contribution in [2.45, 2.75) is 16.6 Å². The van der Waals surface area contributed by atoms with Crippen LogP contribution in [0.25, 0.3) is 0 Å². The predicted molar refractivity (Wildman–Crippen MR) is 144 cm³/mol. The third kappa shape index (κ3) is 6.61. The van der Waals surface area contributed by atoms with Crippen LogP contribution < -0.4 is 16.4 Å². The Morgan fingerprint density at radius 2 is 1.42 bits per heavy atom. The molecule has 7 heteroatoms. The summed E-state index contributed by atoms with van der Waals surface area (Å²) in [6.07, 6.45) is 0.270. The number of nitrogens with one attached hydrogen (secondary N) is 2. The van der Waals surface area contributed by atoms with Gasteiger partial charge in [-0.3, -0.25) is 14.4 Å². The molecule has 0 heterocycles. The molecule has 4 N–H and O–H groups in total. The molecule has 0 fully saturated rings. The number of thioether (sulfide) groups is 1. The third-order valence-corrected chi connectivity index (χ3v) is 6.62. The van der Waals surface area contributed by atoms with Crippen LogP contribution in [-0.2, 0) is 16.0 Å². The zero-order valence-electron chi connectivity index (χ0n) is 19.4. The number of carbonyl (C=O) groups is 3. The molecule has 0 radical (unpaired) electrons. The van der Waals surface area contributed by atoms with Crippen molar-refractivity contribution in [1.29, 1.82) is 0 Å². The fourth-order valence-electron chi connectivity index (χ4n) is 3.68. The van der Waals surface area contributed by atoms with Crippen LogP contribution in [0.2, 0.25) is 0 Å². The van der Waals surface area contributed by atoms with Crippen LogP contribution in [0.15, 0.2) is 114 Å². The van der Waals surface area contributed by atoms with Crippen LogP contribution in [0.5, 0.6) is 0 Å². The van der Waals surface area contributed by atoms with E-state index in [1.165, 1.54) is 11.8 Å². The van der Waals surface area contributed by atoms with Gasteiger partial charge in [-0.05, 0) is 41.5 Å². The molecule has 1 unspecified atom stereocenters. The van der Waals surface area contributed by atoms with Gasteiger partial charge >= 0.3 is 0 Å². The van der Waals surface area contributed by atoms with E-state index in [0.29, 0.717) is 11.4 Å². The second-order valence-electron chi connectivity index (χ2n) is 8.05. The normalized spacial score (nSPS) is 11.3. The Morgan fingerprint density at radius 3 is 2.14 bits per heavy atom. The summed E-state index contributed by atoms with van der Waals surface area (Å²) in [4.78, 5) is 38.5. The Labute approximate surface area is 213 Å². The second kappa shape index (κ2) is 11.9. The van der Waals surface area contributed by atoms with Crippen LogP contribution in [0.3, 0.4) is 0 Å². The van der Waals surface area contributed by atoms with Gasteiger partial charge in [-0.25, -0.2) is 0 Å². The number of para-hydroxylation sites is 1.